The van der Waals surface area contributed by atoms with Gasteiger partial charge in [0.05, 0.1) is 7.11 Å². The first-order valence-electron chi connectivity index (χ1n) is 8.20. The van der Waals surface area contributed by atoms with Gasteiger partial charge in [0.1, 0.15) is 0 Å². The summed E-state index contributed by atoms with van der Waals surface area (Å²) < 4.78 is 10.4. The van der Waals surface area contributed by atoms with E-state index in [1.54, 1.807) is 12.1 Å². The van der Waals surface area contributed by atoms with Gasteiger partial charge >= 0.3 is 0 Å². The molecule has 0 saturated carbocycles. The number of hydrogen-bond donors (Lipinski definition) is 0. The monoisotopic (exact) mass is 320 g/mol. The number of methoxy groups -OCH3 is 1. The molecule has 0 atom stereocenters. The molecule has 2 amide bonds. The van der Waals surface area contributed by atoms with E-state index in [0.29, 0.717) is 18.1 Å². The number of rotatable bonds is 2. The van der Waals surface area contributed by atoms with Crippen LogP contribution < -0.4 is 4.74 Å². The topological polar surface area (TPSA) is 63.0 Å². The Morgan fingerprint density at radius 1 is 1.17 bits per heavy atom. The molecule has 6 nitrogen and oxygen atoms in total. The molecule has 1 aromatic heterocycles. The van der Waals surface area contributed by atoms with Crippen molar-refractivity contribution < 1.29 is 18.7 Å². The van der Waals surface area contributed by atoms with E-state index in [2.05, 4.69) is 0 Å². The molecule has 0 aromatic carbocycles. The molecule has 126 valence electrons. The van der Waals surface area contributed by atoms with E-state index in [1.165, 1.54) is 7.11 Å². The fraction of sp³-hybridized carbons (Fsp3) is 0.647. The van der Waals surface area contributed by atoms with Crippen molar-refractivity contribution in [2.24, 2.45) is 5.41 Å². The minimum Gasteiger partial charge on any atom is -0.468 e. The van der Waals surface area contributed by atoms with Gasteiger partial charge in [-0.15, -0.1) is 0 Å². The number of hydrogen-bond acceptors (Lipinski definition) is 4. The fourth-order valence-corrected chi connectivity index (χ4v) is 3.60. The molecule has 0 bridgehead atoms. The Morgan fingerprint density at radius 3 is 2.52 bits per heavy atom. The maximum atomic E-state index is 12.5. The summed E-state index contributed by atoms with van der Waals surface area (Å²) in [6.07, 6.45) is 4.51. The molecule has 2 fully saturated rings. The zero-order valence-electron chi connectivity index (χ0n) is 13.8. The number of amides is 2. The molecule has 6 heteroatoms. The van der Waals surface area contributed by atoms with E-state index >= 15 is 0 Å². The molecule has 1 aromatic rings. The van der Waals surface area contributed by atoms with Crippen LogP contribution in [0.25, 0.3) is 0 Å². The van der Waals surface area contributed by atoms with Gasteiger partial charge in [-0.25, -0.2) is 0 Å². The SMILES string of the molecule is COc1ccc(C(=O)N2CCC3(CCC(=O)N(C)CC3)CC2)o1. The van der Waals surface area contributed by atoms with Crippen molar-refractivity contribution >= 4 is 11.8 Å². The Balaban J connectivity index is 1.61. The quantitative estimate of drug-likeness (QED) is 0.837. The lowest BCUT2D eigenvalue weighted by Gasteiger charge is -2.41. The van der Waals surface area contributed by atoms with Crippen LogP contribution in [0.5, 0.6) is 5.95 Å². The number of carbonyl (C=O) groups is 2. The van der Waals surface area contributed by atoms with Gasteiger partial charge in [-0.05, 0) is 37.2 Å². The van der Waals surface area contributed by atoms with Crippen LogP contribution in [0.2, 0.25) is 0 Å². The second kappa shape index (κ2) is 6.26. The Bertz CT molecular complexity index is 587. The average Bonchev–Trinajstić information content (AvgIpc) is 3.02. The maximum Gasteiger partial charge on any atom is 0.289 e. The van der Waals surface area contributed by atoms with Crippen LogP contribution in [0, 0.1) is 5.41 Å². The van der Waals surface area contributed by atoms with Crippen molar-refractivity contribution in [3.63, 3.8) is 0 Å². The highest BCUT2D eigenvalue weighted by Gasteiger charge is 2.38. The van der Waals surface area contributed by atoms with Gasteiger partial charge in [0, 0.05) is 39.2 Å². The van der Waals surface area contributed by atoms with Gasteiger partial charge < -0.3 is 19.0 Å². The molecule has 2 saturated heterocycles. The summed E-state index contributed by atoms with van der Waals surface area (Å²) >= 11 is 0. The maximum absolute atomic E-state index is 12.5. The molecule has 23 heavy (non-hydrogen) atoms. The number of furan rings is 1. The third-order valence-corrected chi connectivity index (χ3v) is 5.38. The standard InChI is InChI=1S/C17H24N2O4/c1-18-10-7-17(6-5-14(18)20)8-11-19(12-9-17)16(21)13-3-4-15(22-2)23-13/h3-4H,5-12H2,1-2H3. The van der Waals surface area contributed by atoms with Crippen LogP contribution in [-0.2, 0) is 4.79 Å². The van der Waals surface area contributed by atoms with Crippen molar-refractivity contribution in [3.8, 4) is 5.95 Å². The number of nitrogens with zero attached hydrogens (tertiary/aromatic N) is 2. The van der Waals surface area contributed by atoms with Crippen molar-refractivity contribution in [2.75, 3.05) is 33.8 Å². The van der Waals surface area contributed by atoms with Crippen molar-refractivity contribution in [2.45, 2.75) is 32.1 Å². The molecule has 0 unspecified atom stereocenters. The first-order valence-corrected chi connectivity index (χ1v) is 8.20. The van der Waals surface area contributed by atoms with Gasteiger partial charge in [-0.1, -0.05) is 0 Å². The van der Waals surface area contributed by atoms with Crippen molar-refractivity contribution in [1.82, 2.24) is 9.80 Å². The highest BCUT2D eigenvalue weighted by molar-refractivity contribution is 5.91. The predicted octanol–water partition coefficient (Wildman–Crippen LogP) is 2.15. The lowest BCUT2D eigenvalue weighted by Crippen LogP contribution is -2.43. The first kappa shape index (κ1) is 15.9. The van der Waals surface area contributed by atoms with E-state index in [0.717, 1.165) is 45.3 Å². The van der Waals surface area contributed by atoms with E-state index in [-0.39, 0.29) is 17.2 Å². The van der Waals surface area contributed by atoms with Gasteiger partial charge in [0.25, 0.3) is 11.9 Å². The molecule has 3 heterocycles. The van der Waals surface area contributed by atoms with Crippen LogP contribution in [0.15, 0.2) is 16.5 Å². The van der Waals surface area contributed by atoms with Gasteiger partial charge in [0.2, 0.25) is 5.91 Å². The zero-order valence-corrected chi connectivity index (χ0v) is 13.8. The average molecular weight is 320 g/mol. The normalized spacial score (nSPS) is 21.4. The lowest BCUT2D eigenvalue weighted by molar-refractivity contribution is -0.129. The van der Waals surface area contributed by atoms with Gasteiger partial charge in [-0.2, -0.15) is 0 Å². The van der Waals surface area contributed by atoms with E-state index < -0.39 is 0 Å². The minimum absolute atomic E-state index is 0.0787. The molecule has 2 aliphatic heterocycles. The predicted molar refractivity (Wildman–Crippen MR) is 84.3 cm³/mol. The fourth-order valence-electron chi connectivity index (χ4n) is 3.60. The second-order valence-electron chi connectivity index (χ2n) is 6.68. The van der Waals surface area contributed by atoms with E-state index in [1.807, 2.05) is 16.8 Å². The number of likely N-dealkylation sites (tertiary alicyclic amines) is 2. The molecular formula is C17H24N2O4. The van der Waals surface area contributed by atoms with Crippen LogP contribution >= 0.6 is 0 Å². The number of ether oxygens (including phenoxy) is 1. The molecule has 2 aliphatic rings. The van der Waals surface area contributed by atoms with Gasteiger partial charge in [0.15, 0.2) is 5.76 Å². The van der Waals surface area contributed by atoms with Crippen LogP contribution in [-0.4, -0.2) is 55.4 Å². The number of carbonyl (C=O) groups excluding carboxylic acids is 2. The third-order valence-electron chi connectivity index (χ3n) is 5.38. The molecule has 0 radical (unpaired) electrons. The highest BCUT2D eigenvalue weighted by atomic mass is 16.6. The summed E-state index contributed by atoms with van der Waals surface area (Å²) in [5.74, 6) is 0.841. The zero-order chi connectivity index (χ0) is 16.4. The minimum atomic E-state index is -0.0787. The Morgan fingerprint density at radius 2 is 1.87 bits per heavy atom. The smallest absolute Gasteiger partial charge is 0.289 e. The largest absolute Gasteiger partial charge is 0.468 e. The Hall–Kier alpha value is -1.98. The first-order chi connectivity index (χ1) is 11.0. The van der Waals surface area contributed by atoms with Crippen LogP contribution in [0.4, 0.5) is 0 Å². The number of piperidine rings is 1. The summed E-state index contributed by atoms with van der Waals surface area (Å²) in [4.78, 5) is 28.0. The van der Waals surface area contributed by atoms with Crippen LogP contribution in [0.1, 0.15) is 42.7 Å². The molecule has 3 rings (SSSR count). The van der Waals surface area contributed by atoms with E-state index in [9.17, 15) is 9.59 Å². The third kappa shape index (κ3) is 3.21. The summed E-state index contributed by atoms with van der Waals surface area (Å²) in [5, 5.41) is 0. The molecule has 0 aliphatic carbocycles. The molecule has 0 N–H and O–H groups in total. The molecular weight excluding hydrogens is 296 g/mol. The highest BCUT2D eigenvalue weighted by Crippen LogP contribution is 2.41. The summed E-state index contributed by atoms with van der Waals surface area (Å²) in [5.41, 5.74) is 0.206. The van der Waals surface area contributed by atoms with E-state index in [4.69, 9.17) is 9.15 Å². The summed E-state index contributed by atoms with van der Waals surface area (Å²) in [6, 6.07) is 3.32. The summed E-state index contributed by atoms with van der Waals surface area (Å²) in [7, 11) is 3.40. The molecule has 1 spiro atoms. The van der Waals surface area contributed by atoms with Gasteiger partial charge in [-0.3, -0.25) is 9.59 Å². The van der Waals surface area contributed by atoms with Crippen LogP contribution in [0.3, 0.4) is 0 Å². The Kier molecular flexibility index (Phi) is 4.33. The summed E-state index contributed by atoms with van der Waals surface area (Å²) in [6.45, 7) is 2.27. The Labute approximate surface area is 136 Å². The second-order valence-corrected chi connectivity index (χ2v) is 6.68. The van der Waals surface area contributed by atoms with Crippen molar-refractivity contribution in [1.29, 1.82) is 0 Å². The van der Waals surface area contributed by atoms with Crippen molar-refractivity contribution in [3.05, 3.63) is 17.9 Å². The lowest BCUT2D eigenvalue weighted by atomic mass is 9.73.